The van der Waals surface area contributed by atoms with Gasteiger partial charge in [-0.15, -0.1) is 0 Å². The molecule has 0 saturated heterocycles. The van der Waals surface area contributed by atoms with Gasteiger partial charge in [-0.2, -0.15) is 25.8 Å². The number of alkyl halides is 3. The summed E-state index contributed by atoms with van der Waals surface area (Å²) in [6, 6.07) is 10.4. The smallest absolute Gasteiger partial charge is 0.417 e. The standard InChI is InChI=1S/C14H10ClF3OS/c15-13-6-5-11(7-12(13)14(16,17)18)19-10-3-1-9(8-20)2-4-10/h1-7,20H,8H2. The maximum absolute atomic E-state index is 12.7. The second-order valence-corrected chi connectivity index (χ2v) is 4.77. The zero-order valence-electron chi connectivity index (χ0n) is 10.1. The lowest BCUT2D eigenvalue weighted by Crippen LogP contribution is -2.05. The molecule has 106 valence electrons. The summed E-state index contributed by atoms with van der Waals surface area (Å²) in [4.78, 5) is 0. The summed E-state index contributed by atoms with van der Waals surface area (Å²) in [5.41, 5.74) is 0.0800. The van der Waals surface area contributed by atoms with E-state index in [2.05, 4.69) is 12.6 Å². The molecule has 0 aliphatic heterocycles. The van der Waals surface area contributed by atoms with E-state index in [1.807, 2.05) is 0 Å². The first-order valence-electron chi connectivity index (χ1n) is 5.64. The summed E-state index contributed by atoms with van der Waals surface area (Å²) in [6.07, 6.45) is -4.51. The van der Waals surface area contributed by atoms with Crippen LogP contribution in [0.5, 0.6) is 11.5 Å². The number of halogens is 4. The Morgan fingerprint density at radius 3 is 2.15 bits per heavy atom. The van der Waals surface area contributed by atoms with Crippen LogP contribution in [0.2, 0.25) is 5.02 Å². The first-order chi connectivity index (χ1) is 9.40. The van der Waals surface area contributed by atoms with Crippen LogP contribution in [0.15, 0.2) is 42.5 Å². The molecule has 6 heteroatoms. The van der Waals surface area contributed by atoms with E-state index in [1.165, 1.54) is 12.1 Å². The molecule has 0 bridgehead atoms. The number of hydrogen-bond donors (Lipinski definition) is 1. The van der Waals surface area contributed by atoms with Crippen molar-refractivity contribution < 1.29 is 17.9 Å². The Morgan fingerprint density at radius 1 is 1.00 bits per heavy atom. The number of thiol groups is 1. The zero-order valence-corrected chi connectivity index (χ0v) is 11.8. The molecule has 0 fully saturated rings. The molecule has 0 N–H and O–H groups in total. The van der Waals surface area contributed by atoms with Crippen molar-refractivity contribution in [3.63, 3.8) is 0 Å². The Hall–Kier alpha value is -1.33. The van der Waals surface area contributed by atoms with Crippen LogP contribution in [0.3, 0.4) is 0 Å². The van der Waals surface area contributed by atoms with Gasteiger partial charge in [0.15, 0.2) is 0 Å². The minimum absolute atomic E-state index is 0.0837. The third-order valence-corrected chi connectivity index (χ3v) is 3.28. The van der Waals surface area contributed by atoms with Gasteiger partial charge in [-0.1, -0.05) is 23.7 Å². The topological polar surface area (TPSA) is 9.23 Å². The first kappa shape index (κ1) is 15.1. The van der Waals surface area contributed by atoms with Crippen LogP contribution in [0, 0.1) is 0 Å². The average molecular weight is 319 g/mol. The largest absolute Gasteiger partial charge is 0.457 e. The molecule has 0 unspecified atom stereocenters. The van der Waals surface area contributed by atoms with Gasteiger partial charge in [0.1, 0.15) is 11.5 Å². The fourth-order valence-corrected chi connectivity index (χ4v) is 2.02. The van der Waals surface area contributed by atoms with Crippen LogP contribution in [-0.4, -0.2) is 0 Å². The van der Waals surface area contributed by atoms with E-state index in [0.29, 0.717) is 11.5 Å². The van der Waals surface area contributed by atoms with Crippen molar-refractivity contribution in [2.45, 2.75) is 11.9 Å². The molecule has 0 spiro atoms. The summed E-state index contributed by atoms with van der Waals surface area (Å²) in [7, 11) is 0. The van der Waals surface area contributed by atoms with Crippen LogP contribution in [0.4, 0.5) is 13.2 Å². The van der Waals surface area contributed by atoms with Crippen molar-refractivity contribution in [1.29, 1.82) is 0 Å². The van der Waals surface area contributed by atoms with Gasteiger partial charge in [-0.3, -0.25) is 0 Å². The van der Waals surface area contributed by atoms with Gasteiger partial charge >= 0.3 is 6.18 Å². The van der Waals surface area contributed by atoms with E-state index in [4.69, 9.17) is 16.3 Å². The zero-order chi connectivity index (χ0) is 14.8. The van der Waals surface area contributed by atoms with Gasteiger partial charge in [0, 0.05) is 5.75 Å². The summed E-state index contributed by atoms with van der Waals surface area (Å²) in [6.45, 7) is 0. The second-order valence-electron chi connectivity index (χ2n) is 4.04. The highest BCUT2D eigenvalue weighted by Gasteiger charge is 2.33. The summed E-state index contributed by atoms with van der Waals surface area (Å²) in [5, 5.41) is -0.352. The second kappa shape index (κ2) is 5.97. The van der Waals surface area contributed by atoms with E-state index >= 15 is 0 Å². The SMILES string of the molecule is FC(F)(F)c1cc(Oc2ccc(CS)cc2)ccc1Cl. The summed E-state index contributed by atoms with van der Waals surface area (Å²) in [5.74, 6) is 1.12. The molecular formula is C14H10ClF3OS. The van der Waals surface area contributed by atoms with Gasteiger partial charge < -0.3 is 4.74 Å². The van der Waals surface area contributed by atoms with Gasteiger partial charge in [-0.25, -0.2) is 0 Å². The molecule has 2 aromatic carbocycles. The minimum Gasteiger partial charge on any atom is -0.457 e. The Kier molecular flexibility index (Phi) is 4.50. The van der Waals surface area contributed by atoms with Gasteiger partial charge in [0.2, 0.25) is 0 Å². The van der Waals surface area contributed by atoms with Crippen LogP contribution < -0.4 is 4.74 Å². The monoisotopic (exact) mass is 318 g/mol. The highest BCUT2D eigenvalue weighted by Crippen LogP contribution is 2.37. The van der Waals surface area contributed by atoms with Crippen LogP contribution in [0.25, 0.3) is 0 Å². The first-order valence-corrected chi connectivity index (χ1v) is 6.65. The molecule has 2 aromatic rings. The molecule has 1 nitrogen and oxygen atoms in total. The molecule has 0 saturated carbocycles. The third kappa shape index (κ3) is 3.61. The van der Waals surface area contributed by atoms with Gasteiger partial charge in [0.25, 0.3) is 0 Å². The molecule has 20 heavy (non-hydrogen) atoms. The van der Waals surface area contributed by atoms with E-state index < -0.39 is 11.7 Å². The maximum Gasteiger partial charge on any atom is 0.417 e. The van der Waals surface area contributed by atoms with Crippen molar-refractivity contribution >= 4 is 24.2 Å². The van der Waals surface area contributed by atoms with Gasteiger partial charge in [0.05, 0.1) is 10.6 Å². The van der Waals surface area contributed by atoms with E-state index in [-0.39, 0.29) is 10.8 Å². The molecule has 2 rings (SSSR count). The molecule has 0 aromatic heterocycles. The quantitative estimate of drug-likeness (QED) is 0.727. The lowest BCUT2D eigenvalue weighted by Gasteiger charge is -2.12. The van der Waals surface area contributed by atoms with E-state index in [1.54, 1.807) is 24.3 Å². The van der Waals surface area contributed by atoms with Crippen molar-refractivity contribution in [2.75, 3.05) is 0 Å². The fraction of sp³-hybridized carbons (Fsp3) is 0.143. The van der Waals surface area contributed by atoms with E-state index in [0.717, 1.165) is 11.6 Å². The molecule has 0 amide bonds. The Morgan fingerprint density at radius 2 is 1.60 bits per heavy atom. The third-order valence-electron chi connectivity index (χ3n) is 2.58. The van der Waals surface area contributed by atoms with Crippen molar-refractivity contribution in [1.82, 2.24) is 0 Å². The summed E-state index contributed by atoms with van der Waals surface area (Å²) < 4.78 is 43.5. The molecule has 0 radical (unpaired) electrons. The van der Waals surface area contributed by atoms with Crippen LogP contribution in [0.1, 0.15) is 11.1 Å². The summed E-state index contributed by atoms with van der Waals surface area (Å²) >= 11 is 9.66. The predicted molar refractivity (Wildman–Crippen MR) is 75.7 cm³/mol. The minimum atomic E-state index is -4.51. The predicted octanol–water partition coefficient (Wildman–Crippen LogP) is 5.58. The molecule has 0 aliphatic rings. The highest BCUT2D eigenvalue weighted by atomic mass is 35.5. The average Bonchev–Trinajstić information content (AvgIpc) is 2.40. The van der Waals surface area contributed by atoms with Crippen LogP contribution in [-0.2, 0) is 11.9 Å². The highest BCUT2D eigenvalue weighted by molar-refractivity contribution is 7.79. The van der Waals surface area contributed by atoms with Gasteiger partial charge in [-0.05, 0) is 35.9 Å². The maximum atomic E-state index is 12.7. The normalized spacial score (nSPS) is 11.4. The number of hydrogen-bond acceptors (Lipinski definition) is 2. The number of ether oxygens (including phenoxy) is 1. The number of benzene rings is 2. The molecule has 0 atom stereocenters. The van der Waals surface area contributed by atoms with E-state index in [9.17, 15) is 13.2 Å². The van der Waals surface area contributed by atoms with Crippen molar-refractivity contribution in [3.8, 4) is 11.5 Å². The van der Waals surface area contributed by atoms with Crippen molar-refractivity contribution in [3.05, 3.63) is 58.6 Å². The Labute approximate surface area is 124 Å². The Balaban J connectivity index is 2.25. The van der Waals surface area contributed by atoms with Crippen molar-refractivity contribution in [2.24, 2.45) is 0 Å². The molecular weight excluding hydrogens is 309 g/mol. The fourth-order valence-electron chi connectivity index (χ4n) is 1.58. The Bertz CT molecular complexity index is 596. The number of rotatable bonds is 3. The van der Waals surface area contributed by atoms with Crippen LogP contribution >= 0.6 is 24.2 Å². The molecule has 0 aliphatic carbocycles. The molecule has 0 heterocycles. The lowest BCUT2D eigenvalue weighted by molar-refractivity contribution is -0.137. The lowest BCUT2D eigenvalue weighted by atomic mass is 10.2.